The van der Waals surface area contributed by atoms with Crippen molar-refractivity contribution in [2.75, 3.05) is 6.61 Å². The van der Waals surface area contributed by atoms with Crippen molar-refractivity contribution < 1.29 is 19.4 Å². The van der Waals surface area contributed by atoms with Gasteiger partial charge in [0.1, 0.15) is 5.75 Å². The van der Waals surface area contributed by atoms with Gasteiger partial charge in [0.15, 0.2) is 5.54 Å². The van der Waals surface area contributed by atoms with Gasteiger partial charge in [0.05, 0.1) is 6.61 Å². The van der Waals surface area contributed by atoms with Crippen LogP contribution in [0.2, 0.25) is 0 Å². The van der Waals surface area contributed by atoms with Crippen molar-refractivity contribution in [2.45, 2.75) is 26.3 Å². The minimum Gasteiger partial charge on any atom is -0.494 e. The average Bonchev–Trinajstić information content (AvgIpc) is 2.29. The molecule has 0 bridgehead atoms. The Bertz CT molecular complexity index is 441. The normalized spacial score (nSPS) is 13.5. The maximum Gasteiger partial charge on any atom is 0.333 e. The molecule has 18 heavy (non-hydrogen) atoms. The van der Waals surface area contributed by atoms with Gasteiger partial charge in [0.2, 0.25) is 5.91 Å². The third-order valence-corrected chi connectivity index (χ3v) is 2.60. The highest BCUT2D eigenvalue weighted by atomic mass is 16.5. The Morgan fingerprint density at radius 2 is 1.89 bits per heavy atom. The molecule has 1 unspecified atom stereocenters. The van der Waals surface area contributed by atoms with Gasteiger partial charge < -0.3 is 15.2 Å². The van der Waals surface area contributed by atoms with Crippen LogP contribution in [0.15, 0.2) is 24.3 Å². The van der Waals surface area contributed by atoms with E-state index < -0.39 is 17.4 Å². The van der Waals surface area contributed by atoms with Gasteiger partial charge in [-0.3, -0.25) is 4.79 Å². The summed E-state index contributed by atoms with van der Waals surface area (Å²) >= 11 is 0. The molecule has 5 nitrogen and oxygen atoms in total. The molecule has 0 spiro atoms. The highest BCUT2D eigenvalue weighted by Gasteiger charge is 2.35. The number of nitrogens with one attached hydrogen (secondary N) is 1. The number of carboxylic acids is 1. The molecule has 1 aromatic carbocycles. The maximum atomic E-state index is 11.3. The lowest BCUT2D eigenvalue weighted by Gasteiger charge is -2.26. The molecular weight excluding hydrogens is 234 g/mol. The first-order valence-electron chi connectivity index (χ1n) is 5.65. The van der Waals surface area contributed by atoms with Crippen molar-refractivity contribution in [2.24, 2.45) is 0 Å². The number of carbonyl (C=O) groups excluding carboxylic acids is 1. The predicted molar refractivity (Wildman–Crippen MR) is 66.4 cm³/mol. The van der Waals surface area contributed by atoms with Crippen LogP contribution in [0.3, 0.4) is 0 Å². The third kappa shape index (κ3) is 3.00. The van der Waals surface area contributed by atoms with Crippen molar-refractivity contribution in [3.63, 3.8) is 0 Å². The van der Waals surface area contributed by atoms with E-state index in [1.165, 1.54) is 13.8 Å². The fraction of sp³-hybridized carbons (Fsp3) is 0.385. The van der Waals surface area contributed by atoms with Crippen LogP contribution in [0.25, 0.3) is 0 Å². The van der Waals surface area contributed by atoms with Crippen LogP contribution >= 0.6 is 0 Å². The summed E-state index contributed by atoms with van der Waals surface area (Å²) < 4.78 is 5.28. The lowest BCUT2D eigenvalue weighted by atomic mass is 9.92. The molecule has 0 aliphatic heterocycles. The summed E-state index contributed by atoms with van der Waals surface area (Å²) in [6, 6.07) is 6.63. The van der Waals surface area contributed by atoms with E-state index >= 15 is 0 Å². The SMILES string of the molecule is CCOc1ccc(C(C)(NC(C)=O)C(=O)O)cc1. The summed E-state index contributed by atoms with van der Waals surface area (Å²) in [5.41, 5.74) is -0.940. The molecule has 1 atom stereocenters. The minimum atomic E-state index is -1.43. The van der Waals surface area contributed by atoms with Crippen molar-refractivity contribution in [1.82, 2.24) is 5.32 Å². The molecule has 0 aliphatic carbocycles. The van der Waals surface area contributed by atoms with Gasteiger partial charge in [-0.25, -0.2) is 4.79 Å². The highest BCUT2D eigenvalue weighted by Crippen LogP contribution is 2.23. The zero-order chi connectivity index (χ0) is 13.8. The summed E-state index contributed by atoms with van der Waals surface area (Å²) in [6.07, 6.45) is 0. The fourth-order valence-electron chi connectivity index (χ4n) is 1.65. The molecule has 98 valence electrons. The van der Waals surface area contributed by atoms with E-state index in [0.29, 0.717) is 17.9 Å². The zero-order valence-corrected chi connectivity index (χ0v) is 10.7. The topological polar surface area (TPSA) is 75.6 Å². The van der Waals surface area contributed by atoms with Crippen molar-refractivity contribution in [1.29, 1.82) is 0 Å². The first-order valence-corrected chi connectivity index (χ1v) is 5.65. The van der Waals surface area contributed by atoms with Crippen LogP contribution in [0.4, 0.5) is 0 Å². The number of hydrogen-bond donors (Lipinski definition) is 2. The molecule has 0 fully saturated rings. The molecule has 1 aromatic rings. The minimum absolute atomic E-state index is 0.395. The van der Waals surface area contributed by atoms with E-state index in [9.17, 15) is 14.7 Å². The summed E-state index contributed by atoms with van der Waals surface area (Å²) in [5, 5.41) is 11.7. The molecule has 0 saturated carbocycles. The van der Waals surface area contributed by atoms with Crippen LogP contribution < -0.4 is 10.1 Å². The number of carbonyl (C=O) groups is 2. The highest BCUT2D eigenvalue weighted by molar-refractivity contribution is 5.86. The maximum absolute atomic E-state index is 11.3. The van der Waals surface area contributed by atoms with Gasteiger partial charge >= 0.3 is 5.97 Å². The Kier molecular flexibility index (Phi) is 4.31. The Morgan fingerprint density at radius 3 is 2.28 bits per heavy atom. The molecule has 1 amide bonds. The quantitative estimate of drug-likeness (QED) is 0.832. The van der Waals surface area contributed by atoms with Gasteiger partial charge in [-0.2, -0.15) is 0 Å². The molecule has 0 aromatic heterocycles. The molecule has 2 N–H and O–H groups in total. The molecule has 0 saturated heterocycles. The van der Waals surface area contributed by atoms with E-state index in [0.717, 1.165) is 0 Å². The summed E-state index contributed by atoms with van der Waals surface area (Å²) in [7, 11) is 0. The van der Waals surface area contributed by atoms with Crippen LogP contribution in [0.1, 0.15) is 26.3 Å². The molecule has 1 rings (SSSR count). The van der Waals surface area contributed by atoms with E-state index in [4.69, 9.17) is 4.74 Å². The van der Waals surface area contributed by atoms with Crippen molar-refractivity contribution in [3.8, 4) is 5.75 Å². The van der Waals surface area contributed by atoms with E-state index in [1.807, 2.05) is 6.92 Å². The van der Waals surface area contributed by atoms with Gasteiger partial charge in [0.25, 0.3) is 0 Å². The van der Waals surface area contributed by atoms with E-state index in [2.05, 4.69) is 5.32 Å². The van der Waals surface area contributed by atoms with Crippen molar-refractivity contribution in [3.05, 3.63) is 29.8 Å². The van der Waals surface area contributed by atoms with E-state index in [1.54, 1.807) is 24.3 Å². The standard InChI is InChI=1S/C13H17NO4/c1-4-18-11-7-5-10(6-8-11)13(3,12(16)17)14-9(2)15/h5-8H,4H2,1-3H3,(H,14,15)(H,16,17). The van der Waals surface area contributed by atoms with Gasteiger partial charge in [-0.15, -0.1) is 0 Å². The number of ether oxygens (including phenoxy) is 1. The summed E-state index contributed by atoms with van der Waals surface area (Å²) in [6.45, 7) is 5.15. The Hall–Kier alpha value is -2.04. The lowest BCUT2D eigenvalue weighted by Crippen LogP contribution is -2.48. The Morgan fingerprint density at radius 1 is 1.33 bits per heavy atom. The van der Waals surface area contributed by atoms with Crippen LogP contribution in [0, 0.1) is 0 Å². The second-order valence-corrected chi connectivity index (χ2v) is 4.07. The largest absolute Gasteiger partial charge is 0.494 e. The summed E-state index contributed by atoms with van der Waals surface area (Å²) in [4.78, 5) is 22.4. The van der Waals surface area contributed by atoms with Crippen molar-refractivity contribution >= 4 is 11.9 Å². The smallest absolute Gasteiger partial charge is 0.333 e. The number of benzene rings is 1. The zero-order valence-electron chi connectivity index (χ0n) is 10.7. The van der Waals surface area contributed by atoms with Crippen LogP contribution in [0.5, 0.6) is 5.75 Å². The second kappa shape index (κ2) is 5.53. The number of amides is 1. The number of hydrogen-bond acceptors (Lipinski definition) is 3. The van der Waals surface area contributed by atoms with Crippen LogP contribution in [-0.4, -0.2) is 23.6 Å². The van der Waals surface area contributed by atoms with Crippen LogP contribution in [-0.2, 0) is 15.1 Å². The molecule has 0 aliphatic rings. The lowest BCUT2D eigenvalue weighted by molar-refractivity contribution is -0.147. The van der Waals surface area contributed by atoms with Gasteiger partial charge in [-0.1, -0.05) is 12.1 Å². The fourth-order valence-corrected chi connectivity index (χ4v) is 1.65. The first kappa shape index (κ1) is 14.0. The first-order chi connectivity index (χ1) is 8.40. The third-order valence-electron chi connectivity index (χ3n) is 2.60. The second-order valence-electron chi connectivity index (χ2n) is 4.07. The monoisotopic (exact) mass is 251 g/mol. The Balaban J connectivity index is 3.06. The molecule has 5 heteroatoms. The molecule has 0 heterocycles. The molecular formula is C13H17NO4. The van der Waals surface area contributed by atoms with Gasteiger partial charge in [-0.05, 0) is 31.5 Å². The predicted octanol–water partition coefficient (Wildman–Crippen LogP) is 1.52. The summed E-state index contributed by atoms with van der Waals surface area (Å²) in [5.74, 6) is -0.840. The number of carboxylic acid groups (broad SMARTS) is 1. The molecule has 0 radical (unpaired) electrons. The average molecular weight is 251 g/mol. The van der Waals surface area contributed by atoms with E-state index in [-0.39, 0.29) is 0 Å². The van der Waals surface area contributed by atoms with Gasteiger partial charge in [0, 0.05) is 6.92 Å². The number of rotatable bonds is 5. The number of aliphatic carboxylic acids is 1. The Labute approximate surface area is 106 Å².